The van der Waals surface area contributed by atoms with Crippen molar-refractivity contribution < 1.29 is 9.90 Å². The van der Waals surface area contributed by atoms with Crippen LogP contribution in [0.2, 0.25) is 5.02 Å². The third-order valence-corrected chi connectivity index (χ3v) is 2.38. The van der Waals surface area contributed by atoms with Gasteiger partial charge in [0.1, 0.15) is 0 Å². The predicted octanol–water partition coefficient (Wildman–Crippen LogP) is 1.63. The minimum absolute atomic E-state index is 0.0677. The smallest absolute Gasteiger partial charge is 0.305 e. The molecule has 0 bridgehead atoms. The molecule has 0 spiro atoms. The topological polar surface area (TPSA) is 55.1 Å². The first kappa shape index (κ1) is 10.1. The van der Waals surface area contributed by atoms with E-state index in [0.29, 0.717) is 11.6 Å². The van der Waals surface area contributed by atoms with E-state index in [1.165, 1.54) is 0 Å². The Hall–Kier alpha value is -1.03. The van der Waals surface area contributed by atoms with Crippen molar-refractivity contribution in [3.63, 3.8) is 0 Å². The summed E-state index contributed by atoms with van der Waals surface area (Å²) in [6, 6.07) is 0. The van der Waals surface area contributed by atoms with E-state index in [4.69, 9.17) is 16.7 Å². The van der Waals surface area contributed by atoms with E-state index in [0.717, 1.165) is 11.4 Å². The number of aromatic nitrogens is 2. The summed E-state index contributed by atoms with van der Waals surface area (Å²) >= 11 is 5.88. The fraction of sp³-hybridized carbons (Fsp3) is 0.500. The summed E-state index contributed by atoms with van der Waals surface area (Å²) in [4.78, 5) is 10.3. The van der Waals surface area contributed by atoms with E-state index in [9.17, 15) is 4.79 Å². The van der Waals surface area contributed by atoms with Gasteiger partial charge < -0.3 is 5.11 Å². The van der Waals surface area contributed by atoms with E-state index < -0.39 is 5.97 Å². The predicted molar refractivity (Wildman–Crippen MR) is 49.0 cm³/mol. The van der Waals surface area contributed by atoms with Gasteiger partial charge in [0.25, 0.3) is 0 Å². The lowest BCUT2D eigenvalue weighted by molar-refractivity contribution is -0.137. The van der Waals surface area contributed by atoms with Gasteiger partial charge in [0, 0.05) is 0 Å². The molecule has 1 N–H and O–H groups in total. The number of hydrogen-bond acceptors (Lipinski definition) is 2. The summed E-state index contributed by atoms with van der Waals surface area (Å²) in [7, 11) is 0. The molecule has 0 unspecified atom stereocenters. The molecule has 0 fully saturated rings. The molecule has 0 amide bonds. The maximum atomic E-state index is 10.3. The van der Waals surface area contributed by atoms with Crippen molar-refractivity contribution in [2.24, 2.45) is 0 Å². The Bertz CT molecular complexity index is 333. The third-order valence-electron chi connectivity index (χ3n) is 1.83. The van der Waals surface area contributed by atoms with Crippen LogP contribution in [-0.2, 0) is 11.3 Å². The van der Waals surface area contributed by atoms with E-state index in [1.807, 2.05) is 6.92 Å². The number of hydrogen-bond donors (Lipinski definition) is 1. The fourth-order valence-corrected chi connectivity index (χ4v) is 1.23. The summed E-state index contributed by atoms with van der Waals surface area (Å²) < 4.78 is 1.62. The van der Waals surface area contributed by atoms with Crippen LogP contribution in [0.15, 0.2) is 0 Å². The van der Waals surface area contributed by atoms with E-state index >= 15 is 0 Å². The molecule has 5 heteroatoms. The first-order chi connectivity index (χ1) is 6.02. The van der Waals surface area contributed by atoms with Gasteiger partial charge in [-0.15, -0.1) is 0 Å². The van der Waals surface area contributed by atoms with Crippen LogP contribution in [0.3, 0.4) is 0 Å². The molecule has 1 aromatic rings. The van der Waals surface area contributed by atoms with Gasteiger partial charge in [0.05, 0.1) is 29.4 Å². The second-order valence-electron chi connectivity index (χ2n) is 2.85. The molecule has 0 aliphatic rings. The molecule has 0 aliphatic carbocycles. The van der Waals surface area contributed by atoms with Gasteiger partial charge in [0.15, 0.2) is 0 Å². The van der Waals surface area contributed by atoms with Gasteiger partial charge in [-0.05, 0) is 13.8 Å². The maximum absolute atomic E-state index is 10.3. The van der Waals surface area contributed by atoms with Gasteiger partial charge in [-0.25, -0.2) is 0 Å². The number of aliphatic carboxylic acids is 1. The minimum atomic E-state index is -0.830. The van der Waals surface area contributed by atoms with Crippen molar-refractivity contribution >= 4 is 17.6 Å². The Morgan fingerprint density at radius 3 is 2.62 bits per heavy atom. The highest BCUT2D eigenvalue weighted by atomic mass is 35.5. The number of carboxylic acids is 1. The van der Waals surface area contributed by atoms with Crippen LogP contribution >= 0.6 is 11.6 Å². The highest BCUT2D eigenvalue weighted by Gasteiger charge is 2.09. The van der Waals surface area contributed by atoms with Crippen LogP contribution < -0.4 is 0 Å². The zero-order chi connectivity index (χ0) is 10.0. The van der Waals surface area contributed by atoms with Crippen LogP contribution in [0.1, 0.15) is 17.8 Å². The fourth-order valence-electron chi connectivity index (χ4n) is 1.09. The monoisotopic (exact) mass is 202 g/mol. The summed E-state index contributed by atoms with van der Waals surface area (Å²) in [6.45, 7) is 3.99. The third kappa shape index (κ3) is 2.21. The van der Waals surface area contributed by atoms with E-state index in [1.54, 1.807) is 11.6 Å². The second kappa shape index (κ2) is 3.79. The Kier molecular flexibility index (Phi) is 2.93. The van der Waals surface area contributed by atoms with Crippen molar-refractivity contribution in [3.05, 3.63) is 16.4 Å². The summed E-state index contributed by atoms with van der Waals surface area (Å²) in [5, 5.41) is 13.2. The molecule has 1 aromatic heterocycles. The molecule has 0 atom stereocenters. The normalized spacial score (nSPS) is 10.4. The quantitative estimate of drug-likeness (QED) is 0.811. The standard InChI is InChI=1S/C8H11ClN2O2/c1-5-8(9)6(2)11(10-5)4-3-7(12)13/h3-4H2,1-2H3,(H,12,13). The van der Waals surface area contributed by atoms with Crippen LogP contribution in [0.5, 0.6) is 0 Å². The lowest BCUT2D eigenvalue weighted by atomic mass is 10.4. The van der Waals surface area contributed by atoms with Gasteiger partial charge in [-0.1, -0.05) is 11.6 Å². The second-order valence-corrected chi connectivity index (χ2v) is 3.23. The van der Waals surface area contributed by atoms with Crippen molar-refractivity contribution in [1.82, 2.24) is 9.78 Å². The molecule has 0 saturated carbocycles. The Balaban J connectivity index is 2.78. The van der Waals surface area contributed by atoms with Gasteiger partial charge in [-0.2, -0.15) is 5.10 Å². The first-order valence-electron chi connectivity index (χ1n) is 3.93. The van der Waals surface area contributed by atoms with Crippen molar-refractivity contribution in [1.29, 1.82) is 0 Å². The molecule has 0 aromatic carbocycles. The van der Waals surface area contributed by atoms with E-state index in [2.05, 4.69) is 5.10 Å². The highest BCUT2D eigenvalue weighted by Crippen LogP contribution is 2.18. The Labute approximate surface area is 81.1 Å². The number of aryl methyl sites for hydroxylation is 2. The molecular formula is C8H11ClN2O2. The van der Waals surface area contributed by atoms with Crippen molar-refractivity contribution in [2.75, 3.05) is 0 Å². The van der Waals surface area contributed by atoms with Crippen LogP contribution in [0, 0.1) is 13.8 Å². The molecule has 13 heavy (non-hydrogen) atoms. The minimum Gasteiger partial charge on any atom is -0.481 e. The lowest BCUT2D eigenvalue weighted by Crippen LogP contribution is -2.07. The van der Waals surface area contributed by atoms with Gasteiger partial charge in [-0.3, -0.25) is 9.48 Å². The highest BCUT2D eigenvalue weighted by molar-refractivity contribution is 6.31. The van der Waals surface area contributed by atoms with Crippen LogP contribution in [0.4, 0.5) is 0 Å². The number of rotatable bonds is 3. The van der Waals surface area contributed by atoms with Gasteiger partial charge >= 0.3 is 5.97 Å². The Morgan fingerprint density at radius 2 is 2.23 bits per heavy atom. The summed E-state index contributed by atoms with van der Waals surface area (Å²) in [5.74, 6) is -0.830. The van der Waals surface area contributed by atoms with Crippen molar-refractivity contribution in [2.45, 2.75) is 26.8 Å². The lowest BCUT2D eigenvalue weighted by Gasteiger charge is -2.00. The summed E-state index contributed by atoms with van der Waals surface area (Å²) in [6.07, 6.45) is 0.0677. The molecule has 0 radical (unpaired) electrons. The molecular weight excluding hydrogens is 192 g/mol. The average molecular weight is 203 g/mol. The molecule has 1 rings (SSSR count). The first-order valence-corrected chi connectivity index (χ1v) is 4.31. The molecule has 1 heterocycles. The van der Waals surface area contributed by atoms with Gasteiger partial charge in [0.2, 0.25) is 0 Å². The zero-order valence-corrected chi connectivity index (χ0v) is 8.30. The van der Waals surface area contributed by atoms with Crippen LogP contribution in [0.25, 0.3) is 0 Å². The van der Waals surface area contributed by atoms with Crippen molar-refractivity contribution in [3.8, 4) is 0 Å². The maximum Gasteiger partial charge on any atom is 0.305 e. The summed E-state index contributed by atoms with van der Waals surface area (Å²) in [5.41, 5.74) is 1.56. The zero-order valence-electron chi connectivity index (χ0n) is 7.54. The number of carboxylic acid groups (broad SMARTS) is 1. The Morgan fingerprint density at radius 1 is 1.62 bits per heavy atom. The molecule has 72 valence electrons. The number of carbonyl (C=O) groups is 1. The largest absolute Gasteiger partial charge is 0.481 e. The number of halogens is 1. The van der Waals surface area contributed by atoms with Crippen LogP contribution in [-0.4, -0.2) is 20.9 Å². The SMILES string of the molecule is Cc1nn(CCC(=O)O)c(C)c1Cl. The molecule has 4 nitrogen and oxygen atoms in total. The average Bonchev–Trinajstić information content (AvgIpc) is 2.29. The molecule has 0 saturated heterocycles. The number of nitrogens with zero attached hydrogens (tertiary/aromatic N) is 2. The van der Waals surface area contributed by atoms with E-state index in [-0.39, 0.29) is 6.42 Å². The molecule has 0 aliphatic heterocycles.